The van der Waals surface area contributed by atoms with Gasteiger partial charge in [0.2, 0.25) is 0 Å². The first kappa shape index (κ1) is 20.4. The van der Waals surface area contributed by atoms with Gasteiger partial charge in [-0.15, -0.1) is 0 Å². The Labute approximate surface area is 189 Å². The first-order chi connectivity index (χ1) is 16.0. The molecule has 1 N–H and O–H groups in total. The van der Waals surface area contributed by atoms with Crippen molar-refractivity contribution in [2.24, 2.45) is 0 Å². The van der Waals surface area contributed by atoms with Crippen molar-refractivity contribution >= 4 is 11.2 Å². The van der Waals surface area contributed by atoms with Crippen LogP contribution < -0.4 is 5.69 Å². The fourth-order valence-electron chi connectivity index (χ4n) is 3.89. The second-order valence-electron chi connectivity index (χ2n) is 8.11. The molecular weight excluding hydrogens is 414 g/mol. The molecule has 3 aromatic heterocycles. The maximum Gasteiger partial charge on any atom is 0.328 e. The average Bonchev–Trinajstić information content (AvgIpc) is 3.44. The maximum absolute atomic E-state index is 12.7. The zero-order chi connectivity index (χ0) is 22.9. The van der Waals surface area contributed by atoms with Crippen molar-refractivity contribution < 1.29 is 0 Å². The fourth-order valence-corrected chi connectivity index (χ4v) is 3.89. The summed E-state index contributed by atoms with van der Waals surface area (Å²) in [5.41, 5.74) is 5.20. The first-order valence-electron chi connectivity index (χ1n) is 10.6. The topological polar surface area (TPSA) is 105 Å². The molecule has 0 atom stereocenters. The van der Waals surface area contributed by atoms with Crippen molar-refractivity contribution in [2.45, 2.75) is 26.3 Å². The molecule has 0 fully saturated rings. The number of rotatable bonds is 5. The highest BCUT2D eigenvalue weighted by atomic mass is 16.1. The van der Waals surface area contributed by atoms with E-state index in [1.807, 2.05) is 48.5 Å². The molecule has 33 heavy (non-hydrogen) atoms. The molecule has 0 saturated carbocycles. The minimum absolute atomic E-state index is 0.233. The Balaban J connectivity index is 1.50. The van der Waals surface area contributed by atoms with E-state index in [9.17, 15) is 4.79 Å². The summed E-state index contributed by atoms with van der Waals surface area (Å²) in [5.74, 6) is 0.924. The molecule has 2 aromatic carbocycles. The van der Waals surface area contributed by atoms with Crippen molar-refractivity contribution in [3.63, 3.8) is 0 Å². The molecule has 8 nitrogen and oxygen atoms in total. The third-order valence-electron chi connectivity index (χ3n) is 5.58. The molecular formula is C25H21N7O. The highest BCUT2D eigenvalue weighted by molar-refractivity contribution is 5.73. The van der Waals surface area contributed by atoms with Crippen molar-refractivity contribution in [1.29, 1.82) is 5.26 Å². The fraction of sp³-hybridized carbons (Fsp3) is 0.160. The van der Waals surface area contributed by atoms with Gasteiger partial charge in [0.1, 0.15) is 11.6 Å². The van der Waals surface area contributed by atoms with E-state index in [4.69, 9.17) is 10.2 Å². The highest BCUT2D eigenvalue weighted by Crippen LogP contribution is 2.27. The van der Waals surface area contributed by atoms with Gasteiger partial charge in [0.15, 0.2) is 17.2 Å². The molecule has 3 heterocycles. The Kier molecular flexibility index (Phi) is 5.07. The van der Waals surface area contributed by atoms with Crippen LogP contribution in [0.1, 0.15) is 36.6 Å². The van der Waals surface area contributed by atoms with Crippen LogP contribution in [0.25, 0.3) is 28.2 Å². The van der Waals surface area contributed by atoms with Gasteiger partial charge in [-0.1, -0.05) is 50.2 Å². The van der Waals surface area contributed by atoms with Gasteiger partial charge < -0.3 is 4.98 Å². The normalized spacial score (nSPS) is 11.2. The van der Waals surface area contributed by atoms with Crippen LogP contribution >= 0.6 is 0 Å². The number of H-pyrrole nitrogens is 1. The molecule has 5 rings (SSSR count). The van der Waals surface area contributed by atoms with Crippen LogP contribution in [0.2, 0.25) is 0 Å². The molecule has 0 bridgehead atoms. The monoisotopic (exact) mass is 435 g/mol. The van der Waals surface area contributed by atoms with Gasteiger partial charge in [-0.3, -0.25) is 4.57 Å². The third kappa shape index (κ3) is 3.81. The van der Waals surface area contributed by atoms with Crippen LogP contribution in [0.5, 0.6) is 0 Å². The molecule has 0 unspecified atom stereocenters. The summed E-state index contributed by atoms with van der Waals surface area (Å²) in [6.07, 6.45) is 3.41. The summed E-state index contributed by atoms with van der Waals surface area (Å²) in [5, 5.41) is 13.2. The van der Waals surface area contributed by atoms with Crippen LogP contribution in [0, 0.1) is 11.3 Å². The Hall–Kier alpha value is -4.51. The Morgan fingerprint density at radius 1 is 1.09 bits per heavy atom. The quantitative estimate of drug-likeness (QED) is 0.449. The van der Waals surface area contributed by atoms with Crippen molar-refractivity contribution in [3.05, 3.63) is 94.3 Å². The summed E-state index contributed by atoms with van der Waals surface area (Å²) in [7, 11) is 0. The zero-order valence-electron chi connectivity index (χ0n) is 18.2. The van der Waals surface area contributed by atoms with Gasteiger partial charge in [0.25, 0.3) is 0 Å². The van der Waals surface area contributed by atoms with Gasteiger partial charge >= 0.3 is 5.69 Å². The highest BCUT2D eigenvalue weighted by Gasteiger charge is 2.15. The van der Waals surface area contributed by atoms with Crippen molar-refractivity contribution in [2.75, 3.05) is 0 Å². The SMILES string of the molecule is CC(C)c1ccccc1-c1ncc2[nH]c(=O)n(Cc3ccc(-n4ccc(C#N)n4)cc3)c2n1. The molecule has 162 valence electrons. The lowest BCUT2D eigenvalue weighted by molar-refractivity contribution is 0.776. The van der Waals surface area contributed by atoms with Crippen molar-refractivity contribution in [3.8, 4) is 23.1 Å². The number of aromatic nitrogens is 6. The van der Waals surface area contributed by atoms with E-state index < -0.39 is 0 Å². The Morgan fingerprint density at radius 2 is 1.88 bits per heavy atom. The molecule has 0 amide bonds. The minimum Gasteiger partial charge on any atom is -0.303 e. The van der Waals surface area contributed by atoms with E-state index in [1.165, 1.54) is 0 Å². The van der Waals surface area contributed by atoms with Gasteiger partial charge in [0, 0.05) is 11.8 Å². The lowest BCUT2D eigenvalue weighted by atomic mass is 9.97. The third-order valence-corrected chi connectivity index (χ3v) is 5.58. The number of nitriles is 1. The summed E-state index contributed by atoms with van der Waals surface area (Å²) in [6.45, 7) is 4.64. The molecule has 0 aliphatic carbocycles. The van der Waals surface area contributed by atoms with Crippen molar-refractivity contribution in [1.82, 2.24) is 29.3 Å². The minimum atomic E-state index is -0.233. The number of imidazole rings is 1. The van der Waals surface area contributed by atoms with Gasteiger partial charge in [-0.25, -0.2) is 19.4 Å². The van der Waals surface area contributed by atoms with Crippen LogP contribution in [-0.2, 0) is 6.54 Å². The smallest absolute Gasteiger partial charge is 0.303 e. The van der Waals surface area contributed by atoms with Crippen LogP contribution in [-0.4, -0.2) is 29.3 Å². The van der Waals surface area contributed by atoms with E-state index in [0.717, 1.165) is 22.4 Å². The standard InChI is InChI=1S/C25H21N7O/c1-16(2)20-5-3-4-6-21(20)23-27-14-22-24(29-23)31(25(33)28-22)15-17-7-9-19(10-8-17)32-12-11-18(13-26)30-32/h3-12,14,16H,15H2,1-2H3,(H,28,33). The van der Waals surface area contributed by atoms with E-state index in [1.54, 1.807) is 27.7 Å². The zero-order valence-corrected chi connectivity index (χ0v) is 18.2. The molecule has 0 saturated heterocycles. The van der Waals surface area contributed by atoms with E-state index >= 15 is 0 Å². The number of benzene rings is 2. The molecule has 0 spiro atoms. The number of aromatic amines is 1. The molecule has 8 heteroatoms. The Bertz CT molecular complexity index is 1550. The number of fused-ring (bicyclic) bond motifs is 1. The second-order valence-corrected chi connectivity index (χ2v) is 8.11. The average molecular weight is 435 g/mol. The van der Waals surface area contributed by atoms with Gasteiger partial charge in [0.05, 0.1) is 18.4 Å². The maximum atomic E-state index is 12.7. The van der Waals surface area contributed by atoms with E-state index in [0.29, 0.717) is 35.1 Å². The Morgan fingerprint density at radius 3 is 2.61 bits per heavy atom. The molecule has 0 aliphatic rings. The van der Waals surface area contributed by atoms with Gasteiger partial charge in [-0.2, -0.15) is 10.4 Å². The summed E-state index contributed by atoms with van der Waals surface area (Å²) in [4.78, 5) is 24.8. The number of nitrogens with zero attached hydrogens (tertiary/aromatic N) is 6. The number of nitrogens with one attached hydrogen (secondary N) is 1. The summed E-state index contributed by atoms with van der Waals surface area (Å²) in [6, 6.07) is 19.4. The van der Waals surface area contributed by atoms with Crippen LogP contribution in [0.3, 0.4) is 0 Å². The lowest BCUT2D eigenvalue weighted by Gasteiger charge is -2.11. The molecule has 0 aliphatic heterocycles. The number of hydrogen-bond acceptors (Lipinski definition) is 5. The van der Waals surface area contributed by atoms with Crippen LogP contribution in [0.4, 0.5) is 0 Å². The molecule has 0 radical (unpaired) electrons. The second kappa shape index (κ2) is 8.20. The summed E-state index contributed by atoms with van der Waals surface area (Å²) < 4.78 is 3.26. The predicted octanol–water partition coefficient (Wildman–Crippen LogP) is 4.02. The van der Waals surface area contributed by atoms with E-state index in [2.05, 4.69) is 35.0 Å². The summed E-state index contributed by atoms with van der Waals surface area (Å²) >= 11 is 0. The predicted molar refractivity (Wildman–Crippen MR) is 125 cm³/mol. The number of hydrogen-bond donors (Lipinski definition) is 1. The molecule has 5 aromatic rings. The van der Waals surface area contributed by atoms with Crippen LogP contribution in [0.15, 0.2) is 71.8 Å². The first-order valence-corrected chi connectivity index (χ1v) is 10.6. The van der Waals surface area contributed by atoms with Gasteiger partial charge in [-0.05, 0) is 35.2 Å². The largest absolute Gasteiger partial charge is 0.328 e. The lowest BCUT2D eigenvalue weighted by Crippen LogP contribution is -2.17. The van der Waals surface area contributed by atoms with E-state index in [-0.39, 0.29) is 5.69 Å².